The average Bonchev–Trinajstić information content (AvgIpc) is 2.38. The highest BCUT2D eigenvalue weighted by Gasteiger charge is 2.31. The first kappa shape index (κ1) is 14.2. The van der Waals surface area contributed by atoms with E-state index in [-0.39, 0.29) is 17.1 Å². The third-order valence-electron chi connectivity index (χ3n) is 3.14. The maximum Gasteiger partial charge on any atom is 0.341 e. The Labute approximate surface area is 110 Å². The Kier molecular flexibility index (Phi) is 4.05. The third-order valence-corrected chi connectivity index (χ3v) is 4.57. The minimum Gasteiger partial charge on any atom is -0.391 e. The molecule has 0 aliphatic carbocycles. The van der Waals surface area contributed by atoms with Crippen molar-refractivity contribution in [3.8, 4) is 0 Å². The summed E-state index contributed by atoms with van der Waals surface area (Å²) in [5.41, 5.74) is 0.238. The molecule has 1 aliphatic rings. The van der Waals surface area contributed by atoms with Gasteiger partial charge in [0.05, 0.1) is 16.7 Å². The van der Waals surface area contributed by atoms with Crippen molar-refractivity contribution in [2.45, 2.75) is 29.6 Å². The topological polar surface area (TPSA) is 57.6 Å². The predicted octanol–water partition coefficient (Wildman–Crippen LogP) is 1.64. The van der Waals surface area contributed by atoms with Crippen molar-refractivity contribution in [1.29, 1.82) is 0 Å². The van der Waals surface area contributed by atoms with Crippen molar-refractivity contribution >= 4 is 15.5 Å². The number of sulfone groups is 1. The van der Waals surface area contributed by atoms with E-state index >= 15 is 0 Å². The first-order chi connectivity index (χ1) is 8.93. The van der Waals surface area contributed by atoms with Gasteiger partial charge in [0, 0.05) is 13.1 Å². The molecule has 0 amide bonds. The fourth-order valence-corrected chi connectivity index (χ4v) is 3.18. The van der Waals surface area contributed by atoms with Gasteiger partial charge in [-0.2, -0.15) is 8.78 Å². The summed E-state index contributed by atoms with van der Waals surface area (Å²) in [6.45, 7) is 0.808. The summed E-state index contributed by atoms with van der Waals surface area (Å²) in [5.74, 6) is -3.44. The highest BCUT2D eigenvalue weighted by atomic mass is 32.2. The van der Waals surface area contributed by atoms with Gasteiger partial charge in [-0.1, -0.05) is 12.1 Å². The van der Waals surface area contributed by atoms with Crippen LogP contribution >= 0.6 is 0 Å². The van der Waals surface area contributed by atoms with E-state index in [1.807, 2.05) is 0 Å². The molecule has 0 spiro atoms. The van der Waals surface area contributed by atoms with Crippen LogP contribution in [0.2, 0.25) is 0 Å². The summed E-state index contributed by atoms with van der Waals surface area (Å²) in [6.07, 6.45) is 0.779. The van der Waals surface area contributed by atoms with E-state index < -0.39 is 21.7 Å². The van der Waals surface area contributed by atoms with Crippen LogP contribution in [0.1, 0.15) is 12.8 Å². The van der Waals surface area contributed by atoms with Gasteiger partial charge in [-0.25, -0.2) is 8.42 Å². The predicted molar refractivity (Wildman–Crippen MR) is 67.1 cm³/mol. The average molecular weight is 291 g/mol. The molecule has 1 fully saturated rings. The molecule has 0 aromatic heterocycles. The molecule has 1 N–H and O–H groups in total. The van der Waals surface area contributed by atoms with E-state index in [0.29, 0.717) is 19.4 Å². The van der Waals surface area contributed by atoms with Gasteiger partial charge in [0.25, 0.3) is 0 Å². The summed E-state index contributed by atoms with van der Waals surface area (Å²) in [4.78, 5) is 1.27. The number of hydrogen-bond acceptors (Lipinski definition) is 4. The summed E-state index contributed by atoms with van der Waals surface area (Å²) in [6, 6.07) is 5.69. The molecular formula is C12H15F2NO3S. The van der Waals surface area contributed by atoms with Crippen molar-refractivity contribution in [2.24, 2.45) is 0 Å². The van der Waals surface area contributed by atoms with Crippen LogP contribution in [0.5, 0.6) is 0 Å². The van der Waals surface area contributed by atoms with Crippen molar-refractivity contribution in [3.63, 3.8) is 0 Å². The van der Waals surface area contributed by atoms with Crippen molar-refractivity contribution in [1.82, 2.24) is 0 Å². The van der Waals surface area contributed by atoms with Gasteiger partial charge in [0.1, 0.15) is 0 Å². The van der Waals surface area contributed by atoms with E-state index in [1.54, 1.807) is 11.0 Å². The largest absolute Gasteiger partial charge is 0.391 e. The lowest BCUT2D eigenvalue weighted by Crippen LogP contribution is -2.39. The van der Waals surface area contributed by atoms with E-state index in [2.05, 4.69) is 0 Å². The highest BCUT2D eigenvalue weighted by Crippen LogP contribution is 2.30. The molecule has 19 heavy (non-hydrogen) atoms. The first-order valence-electron chi connectivity index (χ1n) is 5.97. The molecule has 106 valence electrons. The number of aliphatic hydroxyl groups is 1. The van der Waals surface area contributed by atoms with Crippen LogP contribution in [-0.2, 0) is 9.84 Å². The Hall–Kier alpha value is -1.21. The van der Waals surface area contributed by atoms with Crippen LogP contribution in [-0.4, -0.2) is 38.5 Å². The second-order valence-electron chi connectivity index (χ2n) is 4.52. The third kappa shape index (κ3) is 2.87. The summed E-state index contributed by atoms with van der Waals surface area (Å²) in [5, 5.41) is 9.60. The van der Waals surface area contributed by atoms with Crippen LogP contribution < -0.4 is 4.90 Å². The maximum absolute atomic E-state index is 12.7. The molecule has 1 aromatic carbocycles. The lowest BCUT2D eigenvalue weighted by Gasteiger charge is -2.33. The number of nitrogens with zero attached hydrogens (tertiary/aromatic N) is 1. The number of benzene rings is 1. The number of β-amino-alcohol motifs (C(OH)–C–C–N with tert-alkyl or cyclic N) is 1. The molecule has 1 saturated heterocycles. The van der Waals surface area contributed by atoms with Crippen LogP contribution in [0.3, 0.4) is 0 Å². The Morgan fingerprint density at radius 1 is 1.32 bits per heavy atom. The lowest BCUT2D eigenvalue weighted by molar-refractivity contribution is 0.154. The number of hydrogen-bond donors (Lipinski definition) is 1. The number of para-hydroxylation sites is 1. The number of halogens is 2. The molecule has 0 radical (unpaired) electrons. The zero-order valence-corrected chi connectivity index (χ0v) is 11.0. The lowest BCUT2D eigenvalue weighted by atomic mass is 10.1. The van der Waals surface area contributed by atoms with Crippen LogP contribution in [0.15, 0.2) is 29.2 Å². The van der Waals surface area contributed by atoms with Crippen LogP contribution in [0, 0.1) is 0 Å². The summed E-state index contributed by atoms with van der Waals surface area (Å²) < 4.78 is 48.6. The molecule has 1 unspecified atom stereocenters. The van der Waals surface area contributed by atoms with Crippen molar-refractivity contribution < 1.29 is 22.3 Å². The van der Waals surface area contributed by atoms with Crippen LogP contribution in [0.25, 0.3) is 0 Å². The van der Waals surface area contributed by atoms with E-state index in [9.17, 15) is 22.3 Å². The number of anilines is 1. The Balaban J connectivity index is 2.42. The number of alkyl halides is 2. The molecule has 1 heterocycles. The van der Waals surface area contributed by atoms with Gasteiger partial charge in [-0.05, 0) is 25.0 Å². The fourth-order valence-electron chi connectivity index (χ4n) is 2.23. The molecule has 1 aliphatic heterocycles. The normalized spacial score (nSPS) is 20.8. The minimum absolute atomic E-state index is 0.238. The zero-order valence-electron chi connectivity index (χ0n) is 10.2. The van der Waals surface area contributed by atoms with Gasteiger partial charge < -0.3 is 10.0 Å². The second kappa shape index (κ2) is 5.42. The van der Waals surface area contributed by atoms with Gasteiger partial charge in [-0.3, -0.25) is 0 Å². The van der Waals surface area contributed by atoms with E-state index in [4.69, 9.17) is 0 Å². The summed E-state index contributed by atoms with van der Waals surface area (Å²) >= 11 is 0. The first-order valence-corrected chi connectivity index (χ1v) is 7.51. The molecule has 0 saturated carbocycles. The Morgan fingerprint density at radius 3 is 2.63 bits per heavy atom. The Morgan fingerprint density at radius 2 is 2.00 bits per heavy atom. The van der Waals surface area contributed by atoms with Crippen molar-refractivity contribution in [3.05, 3.63) is 24.3 Å². The highest BCUT2D eigenvalue weighted by molar-refractivity contribution is 7.91. The second-order valence-corrected chi connectivity index (χ2v) is 6.40. The van der Waals surface area contributed by atoms with Gasteiger partial charge in [0.2, 0.25) is 9.84 Å². The van der Waals surface area contributed by atoms with Gasteiger partial charge in [0.15, 0.2) is 0 Å². The maximum atomic E-state index is 12.7. The monoisotopic (exact) mass is 291 g/mol. The number of rotatable bonds is 3. The van der Waals surface area contributed by atoms with E-state index in [1.165, 1.54) is 18.2 Å². The van der Waals surface area contributed by atoms with Gasteiger partial charge in [-0.15, -0.1) is 0 Å². The molecular weight excluding hydrogens is 276 g/mol. The molecule has 7 heteroatoms. The quantitative estimate of drug-likeness (QED) is 0.920. The van der Waals surface area contributed by atoms with Gasteiger partial charge >= 0.3 is 5.76 Å². The zero-order chi connectivity index (χ0) is 14.0. The number of aliphatic hydroxyl groups excluding tert-OH is 1. The Bertz CT molecular complexity index is 548. The van der Waals surface area contributed by atoms with Crippen molar-refractivity contribution in [2.75, 3.05) is 18.0 Å². The fraction of sp³-hybridized carbons (Fsp3) is 0.500. The SMILES string of the molecule is O=S(=O)(c1ccccc1N1CCCC(O)C1)C(F)F. The molecule has 0 bridgehead atoms. The molecule has 2 rings (SSSR count). The standard InChI is InChI=1S/C12H15F2NO3S/c13-12(14)19(17,18)11-6-2-1-5-10(11)15-7-3-4-9(16)8-15/h1-2,5-6,9,12,16H,3-4,7-8H2. The number of piperidine rings is 1. The molecule has 1 atom stereocenters. The molecule has 4 nitrogen and oxygen atoms in total. The summed E-state index contributed by atoms with van der Waals surface area (Å²) in [7, 11) is -4.63. The molecule has 1 aromatic rings. The minimum atomic E-state index is -4.63. The van der Waals surface area contributed by atoms with E-state index in [0.717, 1.165) is 0 Å². The van der Waals surface area contributed by atoms with Crippen LogP contribution in [0.4, 0.5) is 14.5 Å². The smallest absolute Gasteiger partial charge is 0.341 e.